The third-order valence-electron chi connectivity index (χ3n) is 4.29. The quantitative estimate of drug-likeness (QED) is 0.290. The van der Waals surface area contributed by atoms with Crippen LogP contribution in [0.4, 0.5) is 5.69 Å². The number of hydrogen-bond donors (Lipinski definition) is 5. The van der Waals surface area contributed by atoms with Gasteiger partial charge in [-0.3, -0.25) is 18.2 Å². The van der Waals surface area contributed by atoms with Crippen molar-refractivity contribution in [3.63, 3.8) is 0 Å². The summed E-state index contributed by atoms with van der Waals surface area (Å²) in [7, 11) is -3.38. The first kappa shape index (κ1) is 20.0. The van der Waals surface area contributed by atoms with Crippen molar-refractivity contribution < 1.29 is 24.1 Å². The van der Waals surface area contributed by atoms with Crippen LogP contribution in [0.25, 0.3) is 10.4 Å². The van der Waals surface area contributed by atoms with Gasteiger partial charge >= 0.3 is 0 Å². The molecule has 1 fully saturated rings. The summed E-state index contributed by atoms with van der Waals surface area (Å²) < 4.78 is 23.3. The molecule has 1 unspecified atom stereocenters. The summed E-state index contributed by atoms with van der Waals surface area (Å²) in [4.78, 5) is 13.9. The fourth-order valence-corrected chi connectivity index (χ4v) is 4.26. The van der Waals surface area contributed by atoms with Crippen LogP contribution < -0.4 is 9.03 Å². The molecule has 0 spiro atoms. The van der Waals surface area contributed by atoms with Crippen LogP contribution in [0.3, 0.4) is 0 Å². The molecule has 0 aromatic heterocycles. The first-order valence-electron chi connectivity index (χ1n) is 8.31. The molecule has 0 bridgehead atoms. The van der Waals surface area contributed by atoms with E-state index in [2.05, 4.69) is 14.7 Å². The van der Waals surface area contributed by atoms with E-state index in [1.54, 1.807) is 36.4 Å². The molecule has 1 aliphatic heterocycles. The predicted molar refractivity (Wildman–Crippen MR) is 105 cm³/mol. The maximum atomic E-state index is 11.5. The maximum absolute atomic E-state index is 11.5. The molecule has 1 saturated heterocycles. The van der Waals surface area contributed by atoms with E-state index in [-0.39, 0.29) is 18.0 Å². The van der Waals surface area contributed by atoms with Crippen molar-refractivity contribution in [1.82, 2.24) is 4.72 Å². The van der Waals surface area contributed by atoms with Crippen LogP contribution in [0.1, 0.15) is 21.5 Å². The number of amides is 1. The van der Waals surface area contributed by atoms with Gasteiger partial charge in [-0.1, -0.05) is 41.3 Å². The lowest BCUT2D eigenvalue weighted by Gasteiger charge is -2.36. The zero-order valence-corrected chi connectivity index (χ0v) is 15.5. The number of nitrogens with one attached hydrogen (secondary N) is 1. The minimum absolute atomic E-state index is 0.0594. The molecular weight excluding hydrogens is 386 g/mol. The molecule has 0 radical (unpaired) electrons. The van der Waals surface area contributed by atoms with Gasteiger partial charge in [-0.25, -0.2) is 0 Å². The molecule has 5 N–H and O–H groups in total. The van der Waals surface area contributed by atoms with Gasteiger partial charge in [0.05, 0.1) is 6.54 Å². The third kappa shape index (κ3) is 4.37. The number of benzene rings is 2. The first-order chi connectivity index (χ1) is 13.3. The van der Waals surface area contributed by atoms with Crippen molar-refractivity contribution in [3.05, 3.63) is 69.6 Å². The van der Waals surface area contributed by atoms with Crippen LogP contribution in [-0.2, 0) is 12.8 Å². The molecule has 1 amide bonds. The largest absolute Gasteiger partial charge is 0.506 e. The Morgan fingerprint density at radius 3 is 2.43 bits per heavy atom. The van der Waals surface area contributed by atoms with Gasteiger partial charge in [0.2, 0.25) is 5.91 Å². The average Bonchev–Trinajstić information content (AvgIpc) is 2.92. The highest BCUT2D eigenvalue weighted by molar-refractivity contribution is 8.24. The standard InChI is InChI=1S/C17H19N5O5S/c18-21-19-17(25)13-6-3-11(4-7-13)1-2-12-5-8-14(15(23)9-12)22-10-16(24)20-28(22,26)27/h3-9,16,20,23-24,26-27H,1-2,10H2. The summed E-state index contributed by atoms with van der Waals surface area (Å²) in [5.41, 5.74) is 10.6. The molecule has 1 atom stereocenters. The number of β-amino-alcohol motifs (C(OH)–C–C–N with tert-alkyl or cyclic N) is 1. The lowest BCUT2D eigenvalue weighted by molar-refractivity contribution is 0.100. The lowest BCUT2D eigenvalue weighted by atomic mass is 10.0. The number of aliphatic hydroxyl groups is 1. The SMILES string of the molecule is [N-]=[N+]=NC(=O)c1ccc(CCc2ccc(N3CC(O)NS3(O)O)c(O)c2)cc1. The third-order valence-corrected chi connectivity index (χ3v) is 5.84. The van der Waals surface area contributed by atoms with E-state index in [0.717, 1.165) is 15.4 Å². The Labute approximate surface area is 162 Å². The van der Waals surface area contributed by atoms with Gasteiger partial charge in [0.25, 0.3) is 0 Å². The van der Waals surface area contributed by atoms with E-state index >= 15 is 0 Å². The van der Waals surface area contributed by atoms with Crippen molar-refractivity contribution in [2.24, 2.45) is 5.11 Å². The summed E-state index contributed by atoms with van der Waals surface area (Å²) >= 11 is 0. The molecule has 11 heteroatoms. The Balaban J connectivity index is 1.67. The van der Waals surface area contributed by atoms with Crippen molar-refractivity contribution in [2.75, 3.05) is 10.8 Å². The highest BCUT2D eigenvalue weighted by Crippen LogP contribution is 2.49. The number of hydrogen-bond acceptors (Lipinski definition) is 7. The Morgan fingerprint density at radius 1 is 1.21 bits per heavy atom. The van der Waals surface area contributed by atoms with Crippen LogP contribution in [0, 0.1) is 0 Å². The highest BCUT2D eigenvalue weighted by atomic mass is 32.3. The van der Waals surface area contributed by atoms with Crippen LogP contribution in [0.15, 0.2) is 47.6 Å². The molecule has 0 saturated carbocycles. The normalized spacial score (nSPS) is 19.1. The minimum Gasteiger partial charge on any atom is -0.506 e. The molecular formula is C17H19N5O5S. The number of rotatable bonds is 5. The Morgan fingerprint density at radius 2 is 1.86 bits per heavy atom. The number of aryl methyl sites for hydroxylation is 2. The van der Waals surface area contributed by atoms with E-state index in [1.165, 1.54) is 6.07 Å². The van der Waals surface area contributed by atoms with Gasteiger partial charge in [0.15, 0.2) is 0 Å². The van der Waals surface area contributed by atoms with Crippen LogP contribution in [-0.4, -0.2) is 38.0 Å². The zero-order chi connectivity index (χ0) is 20.3. The van der Waals surface area contributed by atoms with Gasteiger partial charge in [0, 0.05) is 10.5 Å². The predicted octanol–water partition coefficient (Wildman–Crippen LogP) is 2.94. The minimum atomic E-state index is -3.38. The summed E-state index contributed by atoms with van der Waals surface area (Å²) in [6.07, 6.45) is 0.153. The fourth-order valence-electron chi connectivity index (χ4n) is 2.92. The van der Waals surface area contributed by atoms with Crippen molar-refractivity contribution in [1.29, 1.82) is 0 Å². The van der Waals surface area contributed by atoms with Crippen LogP contribution in [0.2, 0.25) is 0 Å². The number of aliphatic hydroxyl groups excluding tert-OH is 1. The summed E-state index contributed by atoms with van der Waals surface area (Å²) in [6.45, 7) is -0.0594. The topological polar surface area (TPSA) is 162 Å². The van der Waals surface area contributed by atoms with Gasteiger partial charge in [-0.05, 0) is 46.7 Å². The van der Waals surface area contributed by atoms with Gasteiger partial charge in [-0.2, -0.15) is 4.72 Å². The number of azide groups is 1. The van der Waals surface area contributed by atoms with Crippen molar-refractivity contribution in [3.8, 4) is 5.75 Å². The van der Waals surface area contributed by atoms with Gasteiger partial charge in [0.1, 0.15) is 17.7 Å². The number of carbonyl (C=O) groups is 1. The zero-order valence-electron chi connectivity index (χ0n) is 14.6. The molecule has 1 heterocycles. The van der Waals surface area contributed by atoms with Crippen molar-refractivity contribution >= 4 is 22.6 Å². The van der Waals surface area contributed by atoms with Crippen LogP contribution >= 0.6 is 11.0 Å². The Hall–Kier alpha value is -2.79. The average molecular weight is 405 g/mol. The second kappa shape index (κ2) is 8.07. The number of anilines is 1. The summed E-state index contributed by atoms with van der Waals surface area (Å²) in [6, 6.07) is 11.6. The maximum Gasteiger partial charge on any atom is 0.249 e. The van der Waals surface area contributed by atoms with Crippen molar-refractivity contribution in [2.45, 2.75) is 19.1 Å². The second-order valence-electron chi connectivity index (χ2n) is 6.23. The van der Waals surface area contributed by atoms with Crippen LogP contribution in [0.5, 0.6) is 5.75 Å². The van der Waals surface area contributed by atoms with E-state index in [0.29, 0.717) is 18.4 Å². The first-order valence-corrected chi connectivity index (χ1v) is 9.82. The number of phenolic OH excluding ortho intramolecular Hbond substituents is 1. The monoisotopic (exact) mass is 405 g/mol. The summed E-state index contributed by atoms with van der Waals surface area (Å²) in [5, 5.41) is 22.9. The smallest absolute Gasteiger partial charge is 0.249 e. The van der Waals surface area contributed by atoms with E-state index in [4.69, 9.17) is 5.53 Å². The van der Waals surface area contributed by atoms with E-state index in [1.807, 2.05) is 0 Å². The number of aromatic hydroxyl groups is 1. The number of carbonyl (C=O) groups excluding carboxylic acids is 1. The van der Waals surface area contributed by atoms with Gasteiger partial charge < -0.3 is 10.2 Å². The molecule has 148 valence electrons. The molecule has 28 heavy (non-hydrogen) atoms. The van der Waals surface area contributed by atoms with Gasteiger partial charge in [-0.15, -0.1) is 0 Å². The van der Waals surface area contributed by atoms with E-state index < -0.39 is 23.1 Å². The fraction of sp³-hybridized carbons (Fsp3) is 0.235. The molecule has 2 aromatic rings. The molecule has 1 aliphatic rings. The molecule has 10 nitrogen and oxygen atoms in total. The Kier molecular flexibility index (Phi) is 5.75. The van der Waals surface area contributed by atoms with E-state index in [9.17, 15) is 24.1 Å². The number of phenols is 1. The Bertz CT molecular complexity index is 930. The molecule has 0 aliphatic carbocycles. The molecule has 2 aromatic carbocycles. The lowest BCUT2D eigenvalue weighted by Crippen LogP contribution is -2.25. The number of nitrogens with zero attached hydrogens (tertiary/aromatic N) is 4. The highest BCUT2D eigenvalue weighted by Gasteiger charge is 2.36. The summed E-state index contributed by atoms with van der Waals surface area (Å²) in [5.74, 6) is -0.759. The molecule has 3 rings (SSSR count). The second-order valence-corrected chi connectivity index (χ2v) is 7.94.